The number of carbonyl (C=O) groups is 1. The van der Waals surface area contributed by atoms with Crippen molar-refractivity contribution in [2.45, 2.75) is 58.9 Å². The second-order valence-electron chi connectivity index (χ2n) is 9.01. The van der Waals surface area contributed by atoms with E-state index in [9.17, 15) is 9.59 Å². The van der Waals surface area contributed by atoms with Crippen LogP contribution in [0.1, 0.15) is 62.1 Å². The van der Waals surface area contributed by atoms with Gasteiger partial charge in [0.2, 0.25) is 0 Å². The van der Waals surface area contributed by atoms with Crippen LogP contribution in [0.5, 0.6) is 11.5 Å². The van der Waals surface area contributed by atoms with Crippen LogP contribution in [0.4, 0.5) is 0 Å². The number of methoxy groups -OCH3 is 1. The van der Waals surface area contributed by atoms with Crippen LogP contribution < -0.4 is 20.5 Å². The number of amides is 1. The summed E-state index contributed by atoms with van der Waals surface area (Å²) in [5.41, 5.74) is 4.22. The van der Waals surface area contributed by atoms with E-state index in [1.165, 1.54) is 22.0 Å². The van der Waals surface area contributed by atoms with Crippen LogP contribution in [0.2, 0.25) is 0 Å². The lowest BCUT2D eigenvalue weighted by Crippen LogP contribution is -2.34. The first-order valence-electron chi connectivity index (χ1n) is 12.1. The van der Waals surface area contributed by atoms with Gasteiger partial charge in [-0.3, -0.25) is 14.2 Å². The van der Waals surface area contributed by atoms with E-state index in [0.717, 1.165) is 48.1 Å². The quantitative estimate of drug-likeness (QED) is 0.268. The smallest absolute Gasteiger partial charge is 0.263 e. The molecule has 0 bridgehead atoms. The van der Waals surface area contributed by atoms with Gasteiger partial charge in [-0.2, -0.15) is 5.10 Å². The summed E-state index contributed by atoms with van der Waals surface area (Å²) in [6.07, 6.45) is 7.95. The highest BCUT2D eigenvalue weighted by atomic mass is 32.1. The fourth-order valence-electron chi connectivity index (χ4n) is 4.22. The summed E-state index contributed by atoms with van der Waals surface area (Å²) in [6, 6.07) is 4.71. The normalized spacial score (nSPS) is 16.3. The van der Waals surface area contributed by atoms with Gasteiger partial charge < -0.3 is 9.47 Å². The molecule has 0 saturated carbocycles. The lowest BCUT2D eigenvalue weighted by molar-refractivity contribution is -0.123. The lowest BCUT2D eigenvalue weighted by Gasteiger charge is -2.18. The monoisotopic (exact) mass is 496 g/mol. The SMILES string of the molecule is CCCCOc1ccc(/C=N\NC(=O)[C@H](C)n2cnc3sc4c(c3c2=O)CC[C@H](C)C4)cc1OC. The minimum absolute atomic E-state index is 0.169. The molecule has 2 atom stereocenters. The van der Waals surface area contributed by atoms with Crippen molar-refractivity contribution in [2.24, 2.45) is 11.0 Å². The molecule has 1 amide bonds. The maximum Gasteiger partial charge on any atom is 0.263 e. The number of thiophene rings is 1. The highest BCUT2D eigenvalue weighted by Crippen LogP contribution is 2.35. The highest BCUT2D eigenvalue weighted by Gasteiger charge is 2.25. The third kappa shape index (κ3) is 5.40. The molecule has 0 unspecified atom stereocenters. The van der Waals surface area contributed by atoms with Crippen molar-refractivity contribution >= 4 is 33.7 Å². The Bertz CT molecular complexity index is 1300. The van der Waals surface area contributed by atoms with E-state index < -0.39 is 11.9 Å². The number of carbonyl (C=O) groups excluding carboxylic acids is 1. The summed E-state index contributed by atoms with van der Waals surface area (Å²) in [5.74, 6) is 1.49. The van der Waals surface area contributed by atoms with Gasteiger partial charge in [0.05, 0.1) is 31.6 Å². The van der Waals surface area contributed by atoms with Crippen molar-refractivity contribution in [1.82, 2.24) is 15.0 Å². The lowest BCUT2D eigenvalue weighted by atomic mass is 9.89. The van der Waals surface area contributed by atoms with Crippen molar-refractivity contribution in [3.63, 3.8) is 0 Å². The highest BCUT2D eigenvalue weighted by molar-refractivity contribution is 7.18. The Morgan fingerprint density at radius 1 is 1.40 bits per heavy atom. The fourth-order valence-corrected chi connectivity index (χ4v) is 5.56. The summed E-state index contributed by atoms with van der Waals surface area (Å²) in [5, 5.41) is 4.74. The molecule has 4 rings (SSSR count). The van der Waals surface area contributed by atoms with Gasteiger partial charge in [-0.15, -0.1) is 11.3 Å². The molecule has 0 radical (unpaired) electrons. The Hall–Kier alpha value is -3.20. The molecule has 2 heterocycles. The molecule has 0 fully saturated rings. The molecule has 35 heavy (non-hydrogen) atoms. The van der Waals surface area contributed by atoms with Gasteiger partial charge in [0.25, 0.3) is 11.5 Å². The third-order valence-corrected chi connectivity index (χ3v) is 7.53. The average molecular weight is 497 g/mol. The number of unbranched alkanes of at least 4 members (excludes halogenated alkanes) is 1. The van der Waals surface area contributed by atoms with E-state index in [1.807, 2.05) is 12.1 Å². The Morgan fingerprint density at radius 2 is 2.23 bits per heavy atom. The van der Waals surface area contributed by atoms with E-state index in [4.69, 9.17) is 9.47 Å². The number of hydrogen-bond donors (Lipinski definition) is 1. The second kappa shape index (κ2) is 11.0. The number of benzene rings is 1. The van der Waals surface area contributed by atoms with Crippen molar-refractivity contribution in [3.8, 4) is 11.5 Å². The van der Waals surface area contributed by atoms with Gasteiger partial charge in [0.15, 0.2) is 11.5 Å². The van der Waals surface area contributed by atoms with Crippen LogP contribution in [0.25, 0.3) is 10.2 Å². The minimum Gasteiger partial charge on any atom is -0.493 e. The van der Waals surface area contributed by atoms with Crippen LogP contribution in [0, 0.1) is 5.92 Å². The molecule has 9 heteroatoms. The van der Waals surface area contributed by atoms with Crippen molar-refractivity contribution in [1.29, 1.82) is 0 Å². The van der Waals surface area contributed by atoms with Gasteiger partial charge in [-0.05, 0) is 67.9 Å². The van der Waals surface area contributed by atoms with Crippen LogP contribution in [0.15, 0.2) is 34.4 Å². The molecular formula is C26H32N4O4S. The number of rotatable bonds is 9. The van der Waals surface area contributed by atoms with Crippen molar-refractivity contribution in [3.05, 3.63) is 50.9 Å². The Labute approximate surface area is 209 Å². The molecular weight excluding hydrogens is 464 g/mol. The largest absolute Gasteiger partial charge is 0.493 e. The molecule has 2 aromatic heterocycles. The molecule has 186 valence electrons. The summed E-state index contributed by atoms with van der Waals surface area (Å²) >= 11 is 1.60. The van der Waals surface area contributed by atoms with E-state index in [1.54, 1.807) is 31.4 Å². The standard InChI is InChI=1S/C26H32N4O4S/c1-5-6-11-34-20-10-8-18(13-21(20)33-4)14-28-29-24(31)17(3)30-15-27-25-23(26(30)32)19-9-7-16(2)12-22(19)35-25/h8,10,13-17H,5-7,9,11-12H2,1-4H3,(H,29,31)/b28-14-/t16-,17-/m0/s1. The number of hydrogen-bond acceptors (Lipinski definition) is 7. The number of nitrogens with zero attached hydrogens (tertiary/aromatic N) is 3. The van der Waals surface area contributed by atoms with E-state index >= 15 is 0 Å². The minimum atomic E-state index is -0.751. The number of aryl methyl sites for hydroxylation is 1. The zero-order valence-corrected chi connectivity index (χ0v) is 21.5. The van der Waals surface area contributed by atoms with Gasteiger partial charge in [-0.1, -0.05) is 20.3 Å². The summed E-state index contributed by atoms with van der Waals surface area (Å²) in [7, 11) is 1.58. The number of hydrazone groups is 1. The first kappa shape index (κ1) is 24.9. The third-order valence-electron chi connectivity index (χ3n) is 6.37. The number of nitrogens with one attached hydrogen (secondary N) is 1. The number of aromatic nitrogens is 2. The maximum atomic E-state index is 13.3. The van der Waals surface area contributed by atoms with Crippen molar-refractivity contribution in [2.75, 3.05) is 13.7 Å². The first-order valence-corrected chi connectivity index (χ1v) is 12.9. The van der Waals surface area contributed by atoms with E-state index in [0.29, 0.717) is 29.4 Å². The Balaban J connectivity index is 1.46. The topological polar surface area (TPSA) is 94.8 Å². The molecule has 1 aliphatic rings. The maximum absolute atomic E-state index is 13.3. The Morgan fingerprint density at radius 3 is 3.00 bits per heavy atom. The first-order chi connectivity index (χ1) is 16.9. The molecule has 1 N–H and O–H groups in total. The predicted octanol–water partition coefficient (Wildman–Crippen LogP) is 4.48. The van der Waals surface area contributed by atoms with Gasteiger partial charge >= 0.3 is 0 Å². The number of ether oxygens (including phenoxy) is 2. The number of fused-ring (bicyclic) bond motifs is 3. The van der Waals surface area contributed by atoms with Crippen LogP contribution in [0.3, 0.4) is 0 Å². The molecule has 1 aromatic carbocycles. The molecule has 0 aliphatic heterocycles. The van der Waals surface area contributed by atoms with Gasteiger partial charge in [-0.25, -0.2) is 10.4 Å². The second-order valence-corrected chi connectivity index (χ2v) is 10.1. The molecule has 8 nitrogen and oxygen atoms in total. The molecule has 0 saturated heterocycles. The Kier molecular flexibility index (Phi) is 7.85. The summed E-state index contributed by atoms with van der Waals surface area (Å²) in [6.45, 7) is 6.64. The van der Waals surface area contributed by atoms with Gasteiger partial charge in [0.1, 0.15) is 10.9 Å². The predicted molar refractivity (Wildman–Crippen MR) is 139 cm³/mol. The zero-order valence-electron chi connectivity index (χ0n) is 20.7. The molecule has 0 spiro atoms. The van der Waals surface area contributed by atoms with Crippen molar-refractivity contribution < 1.29 is 14.3 Å². The molecule has 1 aliphatic carbocycles. The fraction of sp³-hybridized carbons (Fsp3) is 0.462. The van der Waals surface area contributed by atoms with E-state index in [2.05, 4.69) is 29.4 Å². The van der Waals surface area contributed by atoms with Crippen LogP contribution in [-0.2, 0) is 17.6 Å². The average Bonchev–Trinajstić information content (AvgIpc) is 3.22. The van der Waals surface area contributed by atoms with Gasteiger partial charge in [0, 0.05) is 4.88 Å². The van der Waals surface area contributed by atoms with E-state index in [-0.39, 0.29) is 5.56 Å². The zero-order chi connectivity index (χ0) is 24.9. The summed E-state index contributed by atoms with van der Waals surface area (Å²) < 4.78 is 12.5. The van der Waals surface area contributed by atoms with Crippen LogP contribution in [-0.4, -0.2) is 35.4 Å². The molecule has 3 aromatic rings. The summed E-state index contributed by atoms with van der Waals surface area (Å²) in [4.78, 5) is 32.5. The van der Waals surface area contributed by atoms with Crippen LogP contribution >= 0.6 is 11.3 Å².